The molecule has 2 nitrogen and oxygen atoms in total. The average Bonchev–Trinajstić information content (AvgIpc) is 2.87. The van der Waals surface area contributed by atoms with Crippen molar-refractivity contribution in [3.63, 3.8) is 0 Å². The number of furan rings is 1. The van der Waals surface area contributed by atoms with Gasteiger partial charge in [-0.15, -0.1) is 0 Å². The van der Waals surface area contributed by atoms with E-state index in [2.05, 4.69) is 15.9 Å². The number of ketones is 1. The lowest BCUT2D eigenvalue weighted by molar-refractivity contribution is 0.103. The minimum Gasteiger partial charge on any atom is -0.460 e. The van der Waals surface area contributed by atoms with E-state index in [0.29, 0.717) is 27.8 Å². The smallest absolute Gasteiger partial charge is 0.200 e. The molecule has 0 unspecified atom stereocenters. The second kappa shape index (κ2) is 5.45. The van der Waals surface area contributed by atoms with E-state index in [1.54, 1.807) is 6.07 Å². The lowest BCUT2D eigenvalue weighted by Crippen LogP contribution is -2.06. The Kier molecular flexibility index (Phi) is 3.64. The van der Waals surface area contributed by atoms with Crippen molar-refractivity contribution in [1.82, 2.24) is 0 Å². The molecule has 0 N–H and O–H groups in total. The maximum absolute atomic E-state index is 14.0. The first-order valence-electron chi connectivity index (χ1n) is 6.62. The number of benzene rings is 2. The molecule has 0 aliphatic rings. The van der Waals surface area contributed by atoms with Gasteiger partial charge in [-0.3, -0.25) is 4.79 Å². The van der Waals surface area contributed by atoms with Crippen molar-refractivity contribution in [2.45, 2.75) is 13.3 Å². The highest BCUT2D eigenvalue weighted by molar-refractivity contribution is 9.10. The lowest BCUT2D eigenvalue weighted by atomic mass is 9.99. The number of halogens is 2. The van der Waals surface area contributed by atoms with Crippen LogP contribution in [-0.4, -0.2) is 5.78 Å². The van der Waals surface area contributed by atoms with Gasteiger partial charge in [-0.05, 0) is 24.3 Å². The summed E-state index contributed by atoms with van der Waals surface area (Å²) in [5.74, 6) is -0.299. The SMILES string of the molecule is CCc1oc2ccccc2c1C(=O)c1cc(Br)ccc1F. The normalized spacial score (nSPS) is 11.0. The van der Waals surface area contributed by atoms with Crippen LogP contribution >= 0.6 is 15.9 Å². The number of hydrogen-bond acceptors (Lipinski definition) is 2. The second-order valence-electron chi connectivity index (χ2n) is 4.70. The summed E-state index contributed by atoms with van der Waals surface area (Å²) >= 11 is 3.27. The van der Waals surface area contributed by atoms with Gasteiger partial charge >= 0.3 is 0 Å². The molecule has 0 atom stereocenters. The molecule has 1 aromatic heterocycles. The molecule has 2 aromatic carbocycles. The van der Waals surface area contributed by atoms with E-state index >= 15 is 0 Å². The average molecular weight is 347 g/mol. The first-order chi connectivity index (χ1) is 10.1. The minimum atomic E-state index is -0.532. The van der Waals surface area contributed by atoms with E-state index in [1.807, 2.05) is 31.2 Å². The zero-order valence-electron chi connectivity index (χ0n) is 11.3. The van der Waals surface area contributed by atoms with Gasteiger partial charge < -0.3 is 4.42 Å². The maximum Gasteiger partial charge on any atom is 0.200 e. The molecule has 0 saturated heterocycles. The molecule has 0 amide bonds. The van der Waals surface area contributed by atoms with Crippen LogP contribution in [0, 0.1) is 5.82 Å². The Bertz CT molecular complexity index is 836. The second-order valence-corrected chi connectivity index (χ2v) is 5.62. The van der Waals surface area contributed by atoms with Crippen molar-refractivity contribution in [3.8, 4) is 0 Å². The predicted octanol–water partition coefficient (Wildman–Crippen LogP) is 5.13. The Morgan fingerprint density at radius 3 is 2.76 bits per heavy atom. The fraction of sp³-hybridized carbons (Fsp3) is 0.118. The Balaban J connectivity index is 2.24. The van der Waals surface area contributed by atoms with Crippen molar-refractivity contribution in [2.24, 2.45) is 0 Å². The summed E-state index contributed by atoms with van der Waals surface area (Å²) in [5, 5.41) is 0.721. The Morgan fingerprint density at radius 2 is 2.00 bits per heavy atom. The summed E-state index contributed by atoms with van der Waals surface area (Å²) in [4.78, 5) is 12.8. The molecule has 4 heteroatoms. The molecule has 3 rings (SSSR count). The molecule has 0 aliphatic carbocycles. The van der Waals surface area contributed by atoms with Crippen LogP contribution in [0.5, 0.6) is 0 Å². The molecule has 106 valence electrons. The number of carbonyl (C=O) groups is 1. The molecular weight excluding hydrogens is 335 g/mol. The first kappa shape index (κ1) is 14.0. The van der Waals surface area contributed by atoms with Gasteiger partial charge in [0.1, 0.15) is 17.2 Å². The van der Waals surface area contributed by atoms with Crippen LogP contribution in [0.3, 0.4) is 0 Å². The first-order valence-corrected chi connectivity index (χ1v) is 7.41. The highest BCUT2D eigenvalue weighted by Gasteiger charge is 2.23. The van der Waals surface area contributed by atoms with Crippen LogP contribution < -0.4 is 0 Å². The van der Waals surface area contributed by atoms with Gasteiger partial charge in [0.2, 0.25) is 0 Å². The highest BCUT2D eigenvalue weighted by Crippen LogP contribution is 2.29. The van der Waals surface area contributed by atoms with Gasteiger partial charge in [-0.2, -0.15) is 0 Å². The van der Waals surface area contributed by atoms with E-state index < -0.39 is 5.82 Å². The zero-order chi connectivity index (χ0) is 15.0. The largest absolute Gasteiger partial charge is 0.460 e. The Hall–Kier alpha value is -1.94. The molecule has 1 heterocycles. The maximum atomic E-state index is 14.0. The van der Waals surface area contributed by atoms with E-state index in [4.69, 9.17) is 4.42 Å². The summed E-state index contributed by atoms with van der Waals surface area (Å²) in [6.07, 6.45) is 0.575. The van der Waals surface area contributed by atoms with Crippen LogP contribution in [0.15, 0.2) is 51.4 Å². The van der Waals surface area contributed by atoms with Crippen molar-refractivity contribution >= 4 is 32.7 Å². The van der Waals surface area contributed by atoms with Gasteiger partial charge in [0.15, 0.2) is 5.78 Å². The van der Waals surface area contributed by atoms with Gasteiger partial charge in [-0.1, -0.05) is 41.1 Å². The van der Waals surface area contributed by atoms with Crippen molar-refractivity contribution in [2.75, 3.05) is 0 Å². The topological polar surface area (TPSA) is 30.2 Å². The molecule has 21 heavy (non-hydrogen) atoms. The molecule has 0 radical (unpaired) electrons. The molecule has 0 spiro atoms. The van der Waals surface area contributed by atoms with Gasteiger partial charge in [0.25, 0.3) is 0 Å². The van der Waals surface area contributed by atoms with E-state index in [-0.39, 0.29) is 11.3 Å². The highest BCUT2D eigenvalue weighted by atomic mass is 79.9. The molecule has 0 fully saturated rings. The fourth-order valence-corrected chi connectivity index (χ4v) is 2.76. The summed E-state index contributed by atoms with van der Waals surface area (Å²) in [5.41, 5.74) is 1.14. The summed E-state index contributed by atoms with van der Waals surface area (Å²) in [6, 6.07) is 11.7. The summed E-state index contributed by atoms with van der Waals surface area (Å²) < 4.78 is 20.3. The van der Waals surface area contributed by atoms with Gasteiger partial charge in [0.05, 0.1) is 11.1 Å². The molecule has 0 bridgehead atoms. The van der Waals surface area contributed by atoms with Gasteiger partial charge in [0, 0.05) is 16.3 Å². The van der Waals surface area contributed by atoms with E-state index in [9.17, 15) is 9.18 Å². The third-order valence-corrected chi connectivity index (χ3v) is 3.88. The van der Waals surface area contributed by atoms with Crippen LogP contribution in [0.25, 0.3) is 11.0 Å². The molecule has 0 aliphatic heterocycles. The van der Waals surface area contributed by atoms with Crippen LogP contribution in [0.2, 0.25) is 0 Å². The monoisotopic (exact) mass is 346 g/mol. The Morgan fingerprint density at radius 1 is 1.24 bits per heavy atom. The van der Waals surface area contributed by atoms with Crippen molar-refractivity contribution in [3.05, 3.63) is 69.6 Å². The minimum absolute atomic E-state index is 0.0469. The standard InChI is InChI=1S/C17H12BrFO2/c1-2-14-16(11-5-3-4-6-15(11)21-14)17(20)12-9-10(18)7-8-13(12)19/h3-9H,2H2,1H3. The third kappa shape index (κ3) is 2.40. The quantitative estimate of drug-likeness (QED) is 0.615. The van der Waals surface area contributed by atoms with Crippen LogP contribution in [0.1, 0.15) is 28.6 Å². The van der Waals surface area contributed by atoms with E-state index in [1.165, 1.54) is 12.1 Å². The number of rotatable bonds is 3. The predicted molar refractivity (Wildman–Crippen MR) is 83.1 cm³/mol. The number of aryl methyl sites for hydroxylation is 1. The number of hydrogen-bond donors (Lipinski definition) is 0. The number of carbonyl (C=O) groups excluding carboxylic acids is 1. The van der Waals surface area contributed by atoms with Crippen molar-refractivity contribution < 1.29 is 13.6 Å². The van der Waals surface area contributed by atoms with Crippen LogP contribution in [0.4, 0.5) is 4.39 Å². The molecular formula is C17H12BrFO2. The fourth-order valence-electron chi connectivity index (χ4n) is 2.40. The number of para-hydroxylation sites is 1. The molecule has 3 aromatic rings. The zero-order valence-corrected chi connectivity index (χ0v) is 12.9. The summed E-state index contributed by atoms with van der Waals surface area (Å²) in [7, 11) is 0. The van der Waals surface area contributed by atoms with Gasteiger partial charge in [-0.25, -0.2) is 4.39 Å². The summed E-state index contributed by atoms with van der Waals surface area (Å²) in [6.45, 7) is 1.91. The Labute approximate surface area is 129 Å². The molecule has 0 saturated carbocycles. The van der Waals surface area contributed by atoms with Crippen LogP contribution in [-0.2, 0) is 6.42 Å². The van der Waals surface area contributed by atoms with Crippen molar-refractivity contribution in [1.29, 1.82) is 0 Å². The van der Waals surface area contributed by atoms with E-state index in [0.717, 1.165) is 5.39 Å². The third-order valence-electron chi connectivity index (χ3n) is 3.39. The lowest BCUT2D eigenvalue weighted by Gasteiger charge is -2.04. The number of fused-ring (bicyclic) bond motifs is 1.